The van der Waals surface area contributed by atoms with Crippen molar-refractivity contribution in [3.8, 4) is 0 Å². The lowest BCUT2D eigenvalue weighted by Gasteiger charge is -2.52. The van der Waals surface area contributed by atoms with E-state index in [9.17, 15) is 4.79 Å². The molecule has 1 fully saturated rings. The fourth-order valence-corrected chi connectivity index (χ4v) is 3.73. The monoisotopic (exact) mass is 304 g/mol. The molecule has 1 amide bonds. The maximum Gasteiger partial charge on any atom is 0.237 e. The average Bonchev–Trinajstić information content (AvgIpc) is 2.43. The number of methoxy groups -OCH3 is 1. The number of rotatable bonds is 4. The van der Waals surface area contributed by atoms with Gasteiger partial charge in [0.15, 0.2) is 0 Å². The van der Waals surface area contributed by atoms with E-state index in [0.717, 1.165) is 30.2 Å². The van der Waals surface area contributed by atoms with Crippen molar-refractivity contribution in [1.82, 2.24) is 19.8 Å². The molecule has 6 nitrogen and oxygen atoms in total. The first-order valence-corrected chi connectivity index (χ1v) is 7.76. The molecule has 0 N–H and O–H groups in total. The van der Waals surface area contributed by atoms with Crippen molar-refractivity contribution in [3.05, 3.63) is 23.3 Å². The fourth-order valence-electron chi connectivity index (χ4n) is 3.73. The van der Waals surface area contributed by atoms with Crippen molar-refractivity contribution in [2.75, 3.05) is 40.4 Å². The number of carbonyl (C=O) groups excluding carboxylic acids is 1. The van der Waals surface area contributed by atoms with Gasteiger partial charge in [-0.1, -0.05) is 6.92 Å². The molecule has 0 bridgehead atoms. The molecule has 2 aliphatic rings. The first-order chi connectivity index (χ1) is 10.5. The van der Waals surface area contributed by atoms with Gasteiger partial charge < -0.3 is 14.5 Å². The molecular weight excluding hydrogens is 280 g/mol. The molecule has 1 unspecified atom stereocenters. The molecule has 1 aromatic rings. The molecule has 1 spiro atoms. The molecular formula is C16H24N4O2. The Morgan fingerprint density at radius 2 is 2.18 bits per heavy atom. The van der Waals surface area contributed by atoms with Crippen LogP contribution < -0.4 is 0 Å². The minimum absolute atomic E-state index is 0.208. The molecule has 3 rings (SSSR count). The van der Waals surface area contributed by atoms with Crippen LogP contribution in [0, 0.1) is 12.8 Å². The van der Waals surface area contributed by atoms with E-state index in [1.165, 1.54) is 0 Å². The quantitative estimate of drug-likeness (QED) is 0.815. The Hall–Kier alpha value is -1.53. The van der Waals surface area contributed by atoms with Crippen molar-refractivity contribution >= 4 is 5.91 Å². The summed E-state index contributed by atoms with van der Waals surface area (Å²) >= 11 is 0. The first-order valence-electron chi connectivity index (χ1n) is 7.76. The van der Waals surface area contributed by atoms with Crippen LogP contribution in [0.1, 0.15) is 24.0 Å². The third kappa shape index (κ3) is 2.40. The largest absolute Gasteiger partial charge is 0.384 e. The summed E-state index contributed by atoms with van der Waals surface area (Å²) in [5.41, 5.74) is 1.56. The number of hydrogen-bond acceptors (Lipinski definition) is 5. The molecule has 0 radical (unpaired) electrons. The Balaban J connectivity index is 1.92. The highest BCUT2D eigenvalue weighted by molar-refractivity contribution is 5.91. The molecule has 22 heavy (non-hydrogen) atoms. The zero-order chi connectivity index (χ0) is 15.9. The summed E-state index contributed by atoms with van der Waals surface area (Å²) in [7, 11) is 3.74. The highest BCUT2D eigenvalue weighted by Crippen LogP contribution is 2.40. The highest BCUT2D eigenvalue weighted by atomic mass is 16.5. The number of carbonyl (C=O) groups is 1. The van der Waals surface area contributed by atoms with Crippen molar-refractivity contribution in [2.24, 2.45) is 5.92 Å². The molecule has 0 aliphatic carbocycles. The fraction of sp³-hybridized carbons (Fsp3) is 0.688. The lowest BCUT2D eigenvalue weighted by atomic mass is 9.71. The molecule has 1 aromatic heterocycles. The van der Waals surface area contributed by atoms with Gasteiger partial charge in [0.05, 0.1) is 12.3 Å². The number of fused-ring (bicyclic) bond motifs is 2. The average molecular weight is 304 g/mol. The first kappa shape index (κ1) is 15.4. The Morgan fingerprint density at radius 3 is 2.82 bits per heavy atom. The highest BCUT2D eigenvalue weighted by Gasteiger charge is 2.55. The molecule has 0 aromatic carbocycles. The van der Waals surface area contributed by atoms with E-state index in [1.54, 1.807) is 7.11 Å². The molecule has 1 atom stereocenters. The summed E-state index contributed by atoms with van der Waals surface area (Å²) in [5.74, 6) is 1.26. The van der Waals surface area contributed by atoms with Gasteiger partial charge in [-0.25, -0.2) is 9.97 Å². The zero-order valence-electron chi connectivity index (χ0n) is 13.8. The standard InChI is InChI=1S/C16H24N4O2/c1-11(8-22-4)6-20-7-13-5-17-12(2)18-14(13)16(15(20)21)9-19(3)10-16/h5,11H,6-10H2,1-4H3. The van der Waals surface area contributed by atoms with Crippen LogP contribution in [0.25, 0.3) is 0 Å². The number of likely N-dealkylation sites (tertiary alicyclic amines) is 1. The van der Waals surface area contributed by atoms with E-state index in [4.69, 9.17) is 4.74 Å². The Kier molecular flexibility index (Phi) is 3.91. The van der Waals surface area contributed by atoms with Gasteiger partial charge in [0, 0.05) is 45.0 Å². The van der Waals surface area contributed by atoms with Crippen molar-refractivity contribution in [1.29, 1.82) is 0 Å². The van der Waals surface area contributed by atoms with Gasteiger partial charge in [-0.3, -0.25) is 4.79 Å². The molecule has 120 valence electrons. The van der Waals surface area contributed by atoms with Crippen LogP contribution in [0.4, 0.5) is 0 Å². The predicted molar refractivity (Wildman–Crippen MR) is 82.4 cm³/mol. The summed E-state index contributed by atoms with van der Waals surface area (Å²) < 4.78 is 5.20. The van der Waals surface area contributed by atoms with Crippen LogP contribution >= 0.6 is 0 Å². The topological polar surface area (TPSA) is 58.6 Å². The lowest BCUT2D eigenvalue weighted by Crippen LogP contribution is -2.68. The van der Waals surface area contributed by atoms with Crippen LogP contribution in [-0.4, -0.2) is 66.1 Å². The van der Waals surface area contributed by atoms with Crippen LogP contribution in [-0.2, 0) is 21.5 Å². The summed E-state index contributed by atoms with van der Waals surface area (Å²) in [6.45, 7) is 7.45. The number of aryl methyl sites for hydroxylation is 1. The number of hydrogen-bond donors (Lipinski definition) is 0. The summed E-state index contributed by atoms with van der Waals surface area (Å²) in [4.78, 5) is 26.1. The lowest BCUT2D eigenvalue weighted by molar-refractivity contribution is -0.147. The number of aromatic nitrogens is 2. The number of likely N-dealkylation sites (N-methyl/N-ethyl adjacent to an activating group) is 1. The van der Waals surface area contributed by atoms with E-state index in [0.29, 0.717) is 25.6 Å². The number of ether oxygens (including phenoxy) is 1. The number of nitrogens with zero attached hydrogens (tertiary/aromatic N) is 4. The van der Waals surface area contributed by atoms with E-state index in [-0.39, 0.29) is 5.91 Å². The second-order valence-electron chi connectivity index (χ2n) is 6.79. The maximum atomic E-state index is 13.1. The van der Waals surface area contributed by atoms with E-state index in [1.807, 2.05) is 25.1 Å². The van der Waals surface area contributed by atoms with Gasteiger partial charge in [-0.05, 0) is 19.9 Å². The van der Waals surface area contributed by atoms with Crippen molar-refractivity contribution < 1.29 is 9.53 Å². The second kappa shape index (κ2) is 5.59. The van der Waals surface area contributed by atoms with Gasteiger partial charge in [0.25, 0.3) is 0 Å². The van der Waals surface area contributed by atoms with E-state index >= 15 is 0 Å². The van der Waals surface area contributed by atoms with Crippen LogP contribution in [0.15, 0.2) is 6.20 Å². The third-order valence-electron chi connectivity index (χ3n) is 4.56. The molecule has 6 heteroatoms. The SMILES string of the molecule is COCC(C)CN1Cc2cnc(C)nc2C2(CN(C)C2)C1=O. The van der Waals surface area contributed by atoms with Crippen LogP contribution in [0.2, 0.25) is 0 Å². The minimum atomic E-state index is -0.469. The molecule has 1 saturated heterocycles. The summed E-state index contributed by atoms with van der Waals surface area (Å²) in [6, 6.07) is 0. The van der Waals surface area contributed by atoms with Gasteiger partial charge in [-0.2, -0.15) is 0 Å². The zero-order valence-corrected chi connectivity index (χ0v) is 13.8. The van der Waals surface area contributed by atoms with E-state index < -0.39 is 5.41 Å². The normalized spacial score (nSPS) is 21.6. The van der Waals surface area contributed by atoms with E-state index in [2.05, 4.69) is 21.8 Å². The number of amides is 1. The molecule has 0 saturated carbocycles. The smallest absolute Gasteiger partial charge is 0.237 e. The van der Waals surface area contributed by atoms with Gasteiger partial charge >= 0.3 is 0 Å². The van der Waals surface area contributed by atoms with Gasteiger partial charge in [-0.15, -0.1) is 0 Å². The van der Waals surface area contributed by atoms with Crippen molar-refractivity contribution in [2.45, 2.75) is 25.8 Å². The van der Waals surface area contributed by atoms with Crippen molar-refractivity contribution in [3.63, 3.8) is 0 Å². The Labute approximate surface area is 131 Å². The van der Waals surface area contributed by atoms with Crippen LogP contribution in [0.5, 0.6) is 0 Å². The third-order valence-corrected chi connectivity index (χ3v) is 4.56. The summed E-state index contributed by atoms with van der Waals surface area (Å²) in [6.07, 6.45) is 1.89. The van der Waals surface area contributed by atoms with Gasteiger partial charge in [0.1, 0.15) is 11.2 Å². The maximum absolute atomic E-state index is 13.1. The molecule has 2 aliphatic heterocycles. The van der Waals surface area contributed by atoms with Crippen LogP contribution in [0.3, 0.4) is 0 Å². The van der Waals surface area contributed by atoms with Gasteiger partial charge in [0.2, 0.25) is 5.91 Å². The Bertz CT molecular complexity index is 584. The minimum Gasteiger partial charge on any atom is -0.384 e. The predicted octanol–water partition coefficient (Wildman–Crippen LogP) is 0.593. The molecule has 3 heterocycles. The Morgan fingerprint density at radius 1 is 1.45 bits per heavy atom. The second-order valence-corrected chi connectivity index (χ2v) is 6.79. The summed E-state index contributed by atoms with van der Waals surface area (Å²) in [5, 5.41) is 0.